The lowest BCUT2D eigenvalue weighted by molar-refractivity contribution is 0.0697. The summed E-state index contributed by atoms with van der Waals surface area (Å²) in [6.45, 7) is 7.28. The van der Waals surface area contributed by atoms with Crippen LogP contribution < -0.4 is 9.47 Å². The Hall–Kier alpha value is -3.32. The Morgan fingerprint density at radius 2 is 1.79 bits per heavy atom. The molecule has 2 aromatic carbocycles. The minimum absolute atomic E-state index is 0.159. The standard InChI is InChI=1S/C26H32N2O5/c1-4-7-14-33-25-13-12-18(26(30)31)15-21(25)22-16-23(28(27-22)17-19(29)5-2)20-10-8-9-11-24(20)32-6-3/h8-13,15-16,19,29H,4-7,14,17H2,1-3H3,(H,30,31)/t19-/m1/s1. The zero-order chi connectivity index (χ0) is 23.8. The van der Waals surface area contributed by atoms with Crippen molar-refractivity contribution in [2.45, 2.75) is 52.7 Å². The number of aliphatic hydroxyl groups excluding tert-OH is 1. The lowest BCUT2D eigenvalue weighted by Gasteiger charge is -2.14. The van der Waals surface area contributed by atoms with Gasteiger partial charge in [0.05, 0.1) is 42.8 Å². The van der Waals surface area contributed by atoms with Crippen LogP contribution in [-0.2, 0) is 6.54 Å². The van der Waals surface area contributed by atoms with Crippen molar-refractivity contribution < 1.29 is 24.5 Å². The number of ether oxygens (including phenoxy) is 2. The molecular formula is C26H32N2O5. The predicted octanol–water partition coefficient (Wildman–Crippen LogP) is 5.26. The molecule has 3 aromatic rings. The second-order valence-corrected chi connectivity index (χ2v) is 7.81. The van der Waals surface area contributed by atoms with E-state index in [1.54, 1.807) is 16.8 Å². The van der Waals surface area contributed by atoms with Gasteiger partial charge in [0.2, 0.25) is 0 Å². The van der Waals surface area contributed by atoms with Gasteiger partial charge in [-0.05, 0) is 56.2 Å². The maximum atomic E-state index is 11.6. The number of aromatic nitrogens is 2. The van der Waals surface area contributed by atoms with Gasteiger partial charge in [0.25, 0.3) is 0 Å². The van der Waals surface area contributed by atoms with Crippen LogP contribution >= 0.6 is 0 Å². The normalized spacial score (nSPS) is 11.9. The maximum Gasteiger partial charge on any atom is 0.335 e. The molecule has 7 nitrogen and oxygen atoms in total. The molecule has 0 spiro atoms. The SMILES string of the molecule is CCCCOc1ccc(C(=O)O)cc1-c1cc(-c2ccccc2OCC)n(C[C@H](O)CC)n1. The van der Waals surface area contributed by atoms with Gasteiger partial charge in [-0.15, -0.1) is 0 Å². The van der Waals surface area contributed by atoms with Crippen LogP contribution in [-0.4, -0.2) is 45.3 Å². The van der Waals surface area contributed by atoms with Gasteiger partial charge in [-0.2, -0.15) is 5.10 Å². The molecule has 0 aliphatic heterocycles. The fourth-order valence-electron chi connectivity index (χ4n) is 3.51. The molecule has 1 atom stereocenters. The van der Waals surface area contributed by atoms with E-state index in [1.165, 1.54) is 6.07 Å². The molecule has 7 heteroatoms. The van der Waals surface area contributed by atoms with E-state index in [0.29, 0.717) is 43.2 Å². The average Bonchev–Trinajstić information content (AvgIpc) is 3.23. The third-order valence-corrected chi connectivity index (χ3v) is 5.36. The molecule has 0 aliphatic carbocycles. The van der Waals surface area contributed by atoms with Crippen molar-refractivity contribution >= 4 is 5.97 Å². The smallest absolute Gasteiger partial charge is 0.335 e. The van der Waals surface area contributed by atoms with Crippen LogP contribution in [0, 0.1) is 0 Å². The Labute approximate surface area is 194 Å². The minimum atomic E-state index is -1.01. The number of carboxylic acid groups (broad SMARTS) is 1. The molecule has 0 fully saturated rings. The number of para-hydroxylation sites is 1. The quantitative estimate of drug-likeness (QED) is 0.364. The number of rotatable bonds is 12. The highest BCUT2D eigenvalue weighted by Gasteiger charge is 2.20. The number of unbranched alkanes of at least 4 members (excludes halogenated alkanes) is 1. The first-order chi connectivity index (χ1) is 16.0. The fourth-order valence-corrected chi connectivity index (χ4v) is 3.51. The third kappa shape index (κ3) is 5.93. The summed E-state index contributed by atoms with van der Waals surface area (Å²) in [7, 11) is 0. The molecule has 0 unspecified atom stereocenters. The molecule has 0 aliphatic rings. The molecule has 3 rings (SSSR count). The van der Waals surface area contributed by atoms with Crippen molar-refractivity contribution in [3.05, 3.63) is 54.1 Å². The monoisotopic (exact) mass is 452 g/mol. The first-order valence-electron chi connectivity index (χ1n) is 11.5. The summed E-state index contributed by atoms with van der Waals surface area (Å²) in [5.41, 5.74) is 2.97. The van der Waals surface area contributed by atoms with Gasteiger partial charge >= 0.3 is 5.97 Å². The van der Waals surface area contributed by atoms with Crippen molar-refractivity contribution in [1.29, 1.82) is 0 Å². The number of hydrogen-bond acceptors (Lipinski definition) is 5. The molecule has 0 bridgehead atoms. The van der Waals surface area contributed by atoms with Crippen LogP contribution in [0.2, 0.25) is 0 Å². The summed E-state index contributed by atoms with van der Waals surface area (Å²) >= 11 is 0. The zero-order valence-electron chi connectivity index (χ0n) is 19.5. The molecule has 0 saturated carbocycles. The largest absolute Gasteiger partial charge is 0.493 e. The number of benzene rings is 2. The van der Waals surface area contributed by atoms with E-state index >= 15 is 0 Å². The summed E-state index contributed by atoms with van der Waals surface area (Å²) < 4.78 is 13.6. The number of aromatic carboxylic acids is 1. The highest BCUT2D eigenvalue weighted by Crippen LogP contribution is 2.36. The molecule has 0 radical (unpaired) electrons. The Morgan fingerprint density at radius 3 is 2.48 bits per heavy atom. The second kappa shape index (κ2) is 11.5. The summed E-state index contributed by atoms with van der Waals surface area (Å²) in [5.74, 6) is 0.287. The molecule has 33 heavy (non-hydrogen) atoms. The van der Waals surface area contributed by atoms with Crippen molar-refractivity contribution in [1.82, 2.24) is 9.78 Å². The number of aliphatic hydroxyl groups is 1. The number of carboxylic acids is 1. The Morgan fingerprint density at radius 1 is 1.03 bits per heavy atom. The zero-order valence-corrected chi connectivity index (χ0v) is 19.5. The average molecular weight is 453 g/mol. The van der Waals surface area contributed by atoms with Crippen molar-refractivity contribution in [3.63, 3.8) is 0 Å². The fraction of sp³-hybridized carbons (Fsp3) is 0.385. The minimum Gasteiger partial charge on any atom is -0.493 e. The van der Waals surface area contributed by atoms with Crippen LogP contribution in [0.25, 0.3) is 22.5 Å². The van der Waals surface area contributed by atoms with Crippen LogP contribution in [0.5, 0.6) is 11.5 Å². The van der Waals surface area contributed by atoms with Crippen LogP contribution in [0.3, 0.4) is 0 Å². The highest BCUT2D eigenvalue weighted by molar-refractivity contribution is 5.90. The predicted molar refractivity (Wildman–Crippen MR) is 128 cm³/mol. The molecule has 2 N–H and O–H groups in total. The van der Waals surface area contributed by atoms with E-state index in [1.807, 2.05) is 44.2 Å². The molecular weight excluding hydrogens is 420 g/mol. The van der Waals surface area contributed by atoms with Gasteiger partial charge in [-0.1, -0.05) is 32.4 Å². The van der Waals surface area contributed by atoms with Gasteiger partial charge < -0.3 is 19.7 Å². The van der Waals surface area contributed by atoms with Crippen molar-refractivity contribution in [3.8, 4) is 34.0 Å². The molecule has 1 aromatic heterocycles. The number of hydrogen-bond donors (Lipinski definition) is 2. The van der Waals surface area contributed by atoms with Gasteiger partial charge in [-0.25, -0.2) is 4.79 Å². The summed E-state index contributed by atoms with van der Waals surface area (Å²) in [5, 5.41) is 24.6. The van der Waals surface area contributed by atoms with Gasteiger partial charge in [-0.3, -0.25) is 4.68 Å². The highest BCUT2D eigenvalue weighted by atomic mass is 16.5. The topological polar surface area (TPSA) is 93.8 Å². The van der Waals surface area contributed by atoms with Crippen molar-refractivity contribution in [2.24, 2.45) is 0 Å². The van der Waals surface area contributed by atoms with E-state index < -0.39 is 12.1 Å². The Balaban J connectivity index is 2.15. The summed E-state index contributed by atoms with van der Waals surface area (Å²) in [4.78, 5) is 11.6. The Kier molecular flexibility index (Phi) is 8.49. The number of carbonyl (C=O) groups is 1. The first kappa shape index (κ1) is 24.3. The van der Waals surface area contributed by atoms with Crippen LogP contribution in [0.1, 0.15) is 50.4 Å². The van der Waals surface area contributed by atoms with E-state index in [-0.39, 0.29) is 5.56 Å². The van der Waals surface area contributed by atoms with E-state index in [4.69, 9.17) is 14.6 Å². The summed E-state index contributed by atoms with van der Waals surface area (Å²) in [6.07, 6.45) is 1.90. The molecule has 1 heterocycles. The third-order valence-electron chi connectivity index (χ3n) is 5.36. The van der Waals surface area contributed by atoms with Crippen molar-refractivity contribution in [2.75, 3.05) is 13.2 Å². The first-order valence-corrected chi connectivity index (χ1v) is 11.5. The van der Waals surface area contributed by atoms with E-state index in [9.17, 15) is 15.0 Å². The van der Waals surface area contributed by atoms with E-state index in [2.05, 4.69) is 6.92 Å². The van der Waals surface area contributed by atoms with Gasteiger partial charge in [0.1, 0.15) is 11.5 Å². The molecule has 0 saturated heterocycles. The summed E-state index contributed by atoms with van der Waals surface area (Å²) in [6, 6.07) is 14.4. The van der Waals surface area contributed by atoms with Crippen LogP contribution in [0.4, 0.5) is 0 Å². The van der Waals surface area contributed by atoms with Crippen LogP contribution in [0.15, 0.2) is 48.5 Å². The van der Waals surface area contributed by atoms with E-state index in [0.717, 1.165) is 29.8 Å². The molecule has 176 valence electrons. The Bertz CT molecular complexity index is 1080. The lowest BCUT2D eigenvalue weighted by atomic mass is 10.0. The van der Waals surface area contributed by atoms with Gasteiger partial charge in [0, 0.05) is 11.1 Å². The second-order valence-electron chi connectivity index (χ2n) is 7.81. The lowest BCUT2D eigenvalue weighted by Crippen LogP contribution is -2.16. The maximum absolute atomic E-state index is 11.6. The number of nitrogens with zero attached hydrogens (tertiary/aromatic N) is 2. The molecule has 0 amide bonds. The van der Waals surface area contributed by atoms with Gasteiger partial charge in [0.15, 0.2) is 0 Å².